The fraction of sp³-hybridized carbons (Fsp3) is 0.333. The molecule has 0 bridgehead atoms. The zero-order valence-corrected chi connectivity index (χ0v) is 10.2. The first kappa shape index (κ1) is 14.6. The minimum absolute atomic E-state index is 0.000399. The van der Waals surface area contributed by atoms with Gasteiger partial charge in [0.2, 0.25) is 5.88 Å². The third-order valence-corrected chi connectivity index (χ3v) is 2.33. The van der Waals surface area contributed by atoms with Gasteiger partial charge in [0.25, 0.3) is 0 Å². The first-order valence-corrected chi connectivity index (χ1v) is 5.60. The summed E-state index contributed by atoms with van der Waals surface area (Å²) in [6.45, 7) is 0. The summed E-state index contributed by atoms with van der Waals surface area (Å²) < 4.78 is 40.0. The SMILES string of the molecule is O=C(O)Cc1cc(O)c(CBr)nc1OC(F)(F)F. The average Bonchev–Trinajstić information content (AvgIpc) is 2.19. The summed E-state index contributed by atoms with van der Waals surface area (Å²) in [6.07, 6.45) is -5.73. The molecular weight excluding hydrogens is 323 g/mol. The van der Waals surface area contributed by atoms with Gasteiger partial charge in [-0.2, -0.15) is 0 Å². The van der Waals surface area contributed by atoms with Crippen LogP contribution in [0.2, 0.25) is 0 Å². The molecule has 100 valence electrons. The van der Waals surface area contributed by atoms with Crippen molar-refractivity contribution in [1.29, 1.82) is 0 Å². The van der Waals surface area contributed by atoms with Gasteiger partial charge in [-0.3, -0.25) is 4.79 Å². The van der Waals surface area contributed by atoms with E-state index in [2.05, 4.69) is 25.7 Å². The highest BCUT2D eigenvalue weighted by Gasteiger charge is 2.33. The lowest BCUT2D eigenvalue weighted by atomic mass is 10.1. The number of halogens is 4. The molecule has 0 fully saturated rings. The first-order chi connectivity index (χ1) is 8.23. The molecule has 0 aliphatic heterocycles. The number of carboxylic acid groups (broad SMARTS) is 1. The number of hydrogen-bond acceptors (Lipinski definition) is 4. The Morgan fingerprint density at radius 1 is 1.50 bits per heavy atom. The smallest absolute Gasteiger partial charge is 0.506 e. The van der Waals surface area contributed by atoms with Crippen LogP contribution < -0.4 is 4.74 Å². The maximum absolute atomic E-state index is 12.1. The number of aromatic hydroxyl groups is 1. The molecule has 5 nitrogen and oxygen atoms in total. The Kier molecular flexibility index (Phi) is 4.38. The number of aliphatic carboxylic acids is 1. The molecule has 1 aromatic rings. The van der Waals surface area contributed by atoms with E-state index in [9.17, 15) is 23.1 Å². The van der Waals surface area contributed by atoms with Crippen molar-refractivity contribution in [1.82, 2.24) is 4.98 Å². The molecule has 9 heteroatoms. The van der Waals surface area contributed by atoms with Crippen molar-refractivity contribution in [2.24, 2.45) is 0 Å². The summed E-state index contributed by atoms with van der Waals surface area (Å²) in [5.74, 6) is -2.65. The van der Waals surface area contributed by atoms with Gasteiger partial charge in [0.05, 0.1) is 12.1 Å². The molecule has 0 aromatic carbocycles. The Hall–Kier alpha value is -1.51. The number of carbonyl (C=O) groups is 1. The van der Waals surface area contributed by atoms with E-state index in [0.29, 0.717) is 0 Å². The fourth-order valence-electron chi connectivity index (χ4n) is 1.15. The Morgan fingerprint density at radius 2 is 2.11 bits per heavy atom. The number of ether oxygens (including phenoxy) is 1. The standard InChI is InChI=1S/C9H7BrF3NO4/c10-3-5-6(15)1-4(2-7(16)17)8(14-5)18-9(11,12)13/h1,15H,2-3H2,(H,16,17). The van der Waals surface area contributed by atoms with E-state index in [1.165, 1.54) is 0 Å². The summed E-state index contributed by atoms with van der Waals surface area (Å²) in [5, 5.41) is 18.0. The van der Waals surface area contributed by atoms with Crippen LogP contribution in [0, 0.1) is 0 Å². The van der Waals surface area contributed by atoms with E-state index in [1.54, 1.807) is 0 Å². The van der Waals surface area contributed by atoms with Crippen LogP contribution in [0.5, 0.6) is 11.6 Å². The number of alkyl halides is 4. The minimum atomic E-state index is -4.99. The minimum Gasteiger partial charge on any atom is -0.506 e. The van der Waals surface area contributed by atoms with Gasteiger partial charge in [-0.1, -0.05) is 15.9 Å². The average molecular weight is 330 g/mol. The van der Waals surface area contributed by atoms with Crippen LogP contribution in [0.3, 0.4) is 0 Å². The number of pyridine rings is 1. The predicted molar refractivity (Wildman–Crippen MR) is 56.6 cm³/mol. The van der Waals surface area contributed by atoms with Crippen molar-refractivity contribution in [2.75, 3.05) is 0 Å². The lowest BCUT2D eigenvalue weighted by molar-refractivity contribution is -0.276. The number of carboxylic acids is 1. The van der Waals surface area contributed by atoms with E-state index in [1.807, 2.05) is 0 Å². The zero-order valence-electron chi connectivity index (χ0n) is 8.66. The molecule has 0 radical (unpaired) electrons. The van der Waals surface area contributed by atoms with Crippen LogP contribution >= 0.6 is 15.9 Å². The summed E-state index contributed by atoms with van der Waals surface area (Å²) in [5.41, 5.74) is -0.439. The molecule has 1 rings (SSSR count). The van der Waals surface area contributed by atoms with Crippen molar-refractivity contribution in [3.8, 4) is 11.6 Å². The lowest BCUT2D eigenvalue weighted by Crippen LogP contribution is -2.20. The van der Waals surface area contributed by atoms with Crippen LogP contribution in [-0.4, -0.2) is 27.5 Å². The van der Waals surface area contributed by atoms with Gasteiger partial charge in [0.15, 0.2) is 0 Å². The van der Waals surface area contributed by atoms with Crippen molar-refractivity contribution in [3.63, 3.8) is 0 Å². The van der Waals surface area contributed by atoms with Crippen molar-refractivity contribution >= 4 is 21.9 Å². The first-order valence-electron chi connectivity index (χ1n) is 4.48. The Morgan fingerprint density at radius 3 is 2.56 bits per heavy atom. The predicted octanol–water partition coefficient (Wildman–Crippen LogP) is 2.21. The van der Waals surface area contributed by atoms with Crippen LogP contribution in [-0.2, 0) is 16.5 Å². The molecule has 0 saturated heterocycles. The molecule has 1 heterocycles. The third kappa shape index (κ3) is 4.06. The molecular formula is C9H7BrF3NO4. The van der Waals surface area contributed by atoms with E-state index in [-0.39, 0.29) is 16.6 Å². The highest BCUT2D eigenvalue weighted by atomic mass is 79.9. The van der Waals surface area contributed by atoms with E-state index in [0.717, 1.165) is 6.07 Å². The van der Waals surface area contributed by atoms with Crippen molar-refractivity contribution < 1.29 is 32.9 Å². The number of nitrogens with zero attached hydrogens (tertiary/aromatic N) is 1. The summed E-state index contributed by atoms with van der Waals surface area (Å²) in [4.78, 5) is 13.9. The summed E-state index contributed by atoms with van der Waals surface area (Å²) in [6, 6.07) is 0.888. The Bertz CT molecular complexity index is 464. The summed E-state index contributed by atoms with van der Waals surface area (Å²) in [7, 11) is 0. The monoisotopic (exact) mass is 329 g/mol. The van der Waals surface area contributed by atoms with Gasteiger partial charge in [-0.15, -0.1) is 13.2 Å². The molecule has 0 aliphatic carbocycles. The van der Waals surface area contributed by atoms with Crippen LogP contribution in [0.4, 0.5) is 13.2 Å². The largest absolute Gasteiger partial charge is 0.574 e. The van der Waals surface area contributed by atoms with Gasteiger partial charge >= 0.3 is 12.3 Å². The normalized spacial score (nSPS) is 11.3. The Balaban J connectivity index is 3.21. The molecule has 0 unspecified atom stereocenters. The van der Waals surface area contributed by atoms with Gasteiger partial charge in [0.1, 0.15) is 5.75 Å². The van der Waals surface area contributed by atoms with Crippen LogP contribution in [0.25, 0.3) is 0 Å². The molecule has 0 spiro atoms. The molecule has 18 heavy (non-hydrogen) atoms. The second kappa shape index (κ2) is 5.42. The molecule has 0 aliphatic rings. The van der Waals surface area contributed by atoms with Gasteiger partial charge < -0.3 is 14.9 Å². The highest BCUT2D eigenvalue weighted by Crippen LogP contribution is 2.30. The third-order valence-electron chi connectivity index (χ3n) is 1.80. The summed E-state index contributed by atoms with van der Waals surface area (Å²) >= 11 is 2.92. The highest BCUT2D eigenvalue weighted by molar-refractivity contribution is 9.08. The topological polar surface area (TPSA) is 79.7 Å². The second-order valence-corrected chi connectivity index (χ2v) is 3.73. The number of rotatable bonds is 4. The van der Waals surface area contributed by atoms with Crippen LogP contribution in [0.1, 0.15) is 11.3 Å². The van der Waals surface area contributed by atoms with E-state index < -0.39 is 30.4 Å². The zero-order chi connectivity index (χ0) is 13.9. The lowest BCUT2D eigenvalue weighted by Gasteiger charge is -2.13. The fourth-order valence-corrected chi connectivity index (χ4v) is 1.56. The van der Waals surface area contributed by atoms with E-state index >= 15 is 0 Å². The maximum atomic E-state index is 12.1. The van der Waals surface area contributed by atoms with Crippen LogP contribution in [0.15, 0.2) is 6.07 Å². The number of aromatic nitrogens is 1. The maximum Gasteiger partial charge on any atom is 0.574 e. The number of hydrogen-bond donors (Lipinski definition) is 2. The molecule has 0 amide bonds. The molecule has 1 aromatic heterocycles. The van der Waals surface area contributed by atoms with Gasteiger partial charge in [0, 0.05) is 10.9 Å². The Labute approximate surface area is 107 Å². The van der Waals surface area contributed by atoms with Crippen molar-refractivity contribution in [2.45, 2.75) is 18.1 Å². The molecule has 0 saturated carbocycles. The van der Waals surface area contributed by atoms with Crippen molar-refractivity contribution in [3.05, 3.63) is 17.3 Å². The molecule has 0 atom stereocenters. The second-order valence-electron chi connectivity index (χ2n) is 3.17. The molecule has 2 N–H and O–H groups in total. The van der Waals surface area contributed by atoms with Gasteiger partial charge in [-0.05, 0) is 6.07 Å². The van der Waals surface area contributed by atoms with E-state index in [4.69, 9.17) is 5.11 Å². The quantitative estimate of drug-likeness (QED) is 0.828. The van der Waals surface area contributed by atoms with Gasteiger partial charge in [-0.25, -0.2) is 4.98 Å².